The first-order valence-corrected chi connectivity index (χ1v) is 26.3. The van der Waals surface area contributed by atoms with Gasteiger partial charge in [-0.25, -0.2) is 0 Å². The summed E-state index contributed by atoms with van der Waals surface area (Å²) in [5, 5.41) is 6.72. The molecule has 7 rings (SSSR count). The van der Waals surface area contributed by atoms with E-state index in [9.17, 15) is 33.6 Å². The van der Waals surface area contributed by atoms with Crippen molar-refractivity contribution in [2.45, 2.75) is 64.3 Å². The molecule has 2 fully saturated rings. The van der Waals surface area contributed by atoms with Gasteiger partial charge in [0.2, 0.25) is 17.7 Å². The maximum atomic E-state index is 14.6. The number of amides is 5. The van der Waals surface area contributed by atoms with Gasteiger partial charge in [-0.3, -0.25) is 43.8 Å². The maximum Gasteiger partial charge on any atom is 0.264 e. The van der Waals surface area contributed by atoms with Crippen molar-refractivity contribution in [1.29, 1.82) is 0 Å². The van der Waals surface area contributed by atoms with E-state index in [1.165, 1.54) is 6.07 Å². The number of aryl methyl sites for hydroxylation is 1. The van der Waals surface area contributed by atoms with Gasteiger partial charge in [-0.15, -0.1) is 0 Å². The zero-order valence-electron chi connectivity index (χ0n) is 41.8. The van der Waals surface area contributed by atoms with Crippen molar-refractivity contribution in [2.75, 3.05) is 77.8 Å². The monoisotopic (exact) mass is 1080 g/mol. The van der Waals surface area contributed by atoms with Gasteiger partial charge in [-0.05, 0) is 104 Å². The number of benzene rings is 4. The Hall–Kier alpha value is -6.04. The van der Waals surface area contributed by atoms with Crippen molar-refractivity contribution in [1.82, 2.24) is 15.1 Å². The molecule has 0 bridgehead atoms. The van der Waals surface area contributed by atoms with E-state index in [0.29, 0.717) is 122 Å². The zero-order valence-corrected chi connectivity index (χ0v) is 44.1. The van der Waals surface area contributed by atoms with E-state index in [0.717, 1.165) is 21.6 Å². The summed E-state index contributed by atoms with van der Waals surface area (Å²) in [5.74, 6) is -2.75. The van der Waals surface area contributed by atoms with Crippen LogP contribution < -0.4 is 10.6 Å². The van der Waals surface area contributed by atoms with Crippen LogP contribution in [0.15, 0.2) is 96.1 Å². The third-order valence-electron chi connectivity index (χ3n) is 13.0. The van der Waals surface area contributed by atoms with E-state index in [1.807, 2.05) is 55.5 Å². The van der Waals surface area contributed by atoms with Crippen LogP contribution in [0.5, 0.6) is 0 Å². The highest BCUT2D eigenvalue weighted by molar-refractivity contribution is 6.42. The molecule has 15 nitrogen and oxygen atoms in total. The van der Waals surface area contributed by atoms with Gasteiger partial charge in [0.1, 0.15) is 11.8 Å². The molecule has 1 unspecified atom stereocenters. The smallest absolute Gasteiger partial charge is 0.264 e. The fraction of sp³-hybridized carbons (Fsp3) is 0.386. The molecule has 2 N–H and O–H groups in total. The molecule has 3 aliphatic heterocycles. The molecule has 4 aromatic rings. The Morgan fingerprint density at radius 3 is 2.05 bits per heavy atom. The lowest BCUT2D eigenvalue weighted by Crippen LogP contribution is -2.54. The third-order valence-corrected chi connectivity index (χ3v) is 14.1. The topological polar surface area (TPSA) is 187 Å². The standard InChI is InChI=1S/C57H61Cl3N4O11/c1-37-30-39(14-16-46(37)58)32-42-35-63(36-43(53(42)67)33-40-15-17-47(59)48(60)34-40)55(69)41(31-38-8-3-2-4-9-38)10-6-22-72-23-7-11-44(65)20-24-73-26-28-75-29-27-74-25-21-61-49-13-5-12-45-52(49)57(71)64(56(45)70)50-18-19-51(66)62-54(50)68/h2-5,8-9,12-17,30,32-34,41,50,61H,6-7,10-11,18-29,31,35-36H2,1H3,(H,62,66,68)/b42-32+,43-33+/t41-,50?/m0/s1. The summed E-state index contributed by atoms with van der Waals surface area (Å²) in [6, 6.07) is 24.4. The van der Waals surface area contributed by atoms with Gasteiger partial charge >= 0.3 is 0 Å². The number of nitrogens with one attached hydrogen (secondary N) is 2. The first kappa shape index (κ1) is 56.7. The quantitative estimate of drug-likeness (QED) is 0.0329. The van der Waals surface area contributed by atoms with Gasteiger partial charge in [0.05, 0.1) is 60.8 Å². The molecule has 4 aromatic carbocycles. The highest BCUT2D eigenvalue weighted by Gasteiger charge is 2.45. The fourth-order valence-electron chi connectivity index (χ4n) is 9.11. The minimum atomic E-state index is -1.04. The normalized spacial score (nSPS) is 17.2. The van der Waals surface area contributed by atoms with Crippen LogP contribution in [0.1, 0.15) is 87.9 Å². The first-order chi connectivity index (χ1) is 36.3. The Labute approximate surface area is 451 Å². The Kier molecular flexibility index (Phi) is 21.3. The van der Waals surface area contributed by atoms with Crippen LogP contribution in [0.25, 0.3) is 12.2 Å². The summed E-state index contributed by atoms with van der Waals surface area (Å²) in [7, 11) is 0. The van der Waals surface area contributed by atoms with Crippen LogP contribution in [0, 0.1) is 12.8 Å². The Balaban J connectivity index is 0.770. The van der Waals surface area contributed by atoms with Gasteiger partial charge < -0.3 is 29.2 Å². The minimum absolute atomic E-state index is 0.0454. The van der Waals surface area contributed by atoms with E-state index >= 15 is 0 Å². The molecule has 0 spiro atoms. The molecule has 2 saturated heterocycles. The lowest BCUT2D eigenvalue weighted by atomic mass is 9.90. The summed E-state index contributed by atoms with van der Waals surface area (Å²) >= 11 is 18.8. The van der Waals surface area contributed by atoms with E-state index in [1.54, 1.807) is 47.4 Å². The van der Waals surface area contributed by atoms with Crippen LogP contribution in [-0.4, -0.2) is 129 Å². The number of piperidine rings is 2. The number of imide groups is 2. The van der Waals surface area contributed by atoms with Gasteiger partial charge in [0, 0.05) is 79.9 Å². The average Bonchev–Trinajstić information content (AvgIpc) is 3.66. The molecule has 3 heterocycles. The Bertz CT molecular complexity index is 2730. The number of fused-ring (bicyclic) bond motifs is 1. The van der Waals surface area contributed by atoms with Gasteiger partial charge in [0.15, 0.2) is 5.78 Å². The van der Waals surface area contributed by atoms with E-state index in [2.05, 4.69) is 10.6 Å². The number of Topliss-reactive ketones (excluding diaryl/α,β-unsaturated/α-hetero) is 2. The van der Waals surface area contributed by atoms with E-state index in [-0.39, 0.29) is 73.5 Å². The highest BCUT2D eigenvalue weighted by atomic mass is 35.5. The molecule has 2 atom stereocenters. The van der Waals surface area contributed by atoms with Crippen LogP contribution >= 0.6 is 34.8 Å². The lowest BCUT2D eigenvalue weighted by Gasteiger charge is -2.33. The predicted molar refractivity (Wildman–Crippen MR) is 287 cm³/mol. The number of ether oxygens (including phenoxy) is 4. The van der Waals surface area contributed by atoms with Crippen molar-refractivity contribution >= 4 is 93.7 Å². The molecule has 5 amide bonds. The van der Waals surface area contributed by atoms with Gasteiger partial charge in [0.25, 0.3) is 11.8 Å². The van der Waals surface area contributed by atoms with Gasteiger partial charge in [-0.1, -0.05) is 89.4 Å². The molecule has 0 aliphatic carbocycles. The molecule has 0 saturated carbocycles. The lowest BCUT2D eigenvalue weighted by molar-refractivity contribution is -0.137. The molecular formula is C57H61Cl3N4O11. The number of ketones is 2. The van der Waals surface area contributed by atoms with Crippen molar-refractivity contribution < 1.29 is 52.5 Å². The number of hydrogen-bond acceptors (Lipinski definition) is 12. The van der Waals surface area contributed by atoms with Crippen molar-refractivity contribution in [3.8, 4) is 0 Å². The fourth-order valence-corrected chi connectivity index (χ4v) is 9.53. The molecular weight excluding hydrogens is 1020 g/mol. The zero-order chi connectivity index (χ0) is 53.3. The Morgan fingerprint density at radius 2 is 1.36 bits per heavy atom. The van der Waals surface area contributed by atoms with Crippen molar-refractivity contribution in [3.63, 3.8) is 0 Å². The van der Waals surface area contributed by atoms with Crippen molar-refractivity contribution in [2.24, 2.45) is 5.92 Å². The van der Waals surface area contributed by atoms with Gasteiger partial charge in [-0.2, -0.15) is 0 Å². The van der Waals surface area contributed by atoms with E-state index < -0.39 is 29.7 Å². The molecule has 0 aromatic heterocycles. The summed E-state index contributed by atoms with van der Waals surface area (Å²) in [6.45, 7) is 5.23. The van der Waals surface area contributed by atoms with Crippen LogP contribution in [0.3, 0.4) is 0 Å². The number of rotatable bonds is 27. The molecule has 3 aliphatic rings. The van der Waals surface area contributed by atoms with Crippen LogP contribution in [-0.2, 0) is 49.3 Å². The number of halogens is 3. The third kappa shape index (κ3) is 16.0. The highest BCUT2D eigenvalue weighted by Crippen LogP contribution is 2.33. The number of carbonyl (C=O) groups excluding carboxylic acids is 7. The second-order valence-corrected chi connectivity index (χ2v) is 19.7. The average molecular weight is 1080 g/mol. The largest absolute Gasteiger partial charge is 0.382 e. The summed E-state index contributed by atoms with van der Waals surface area (Å²) < 4.78 is 22.7. The second kappa shape index (κ2) is 28.2. The first-order valence-electron chi connectivity index (χ1n) is 25.2. The van der Waals surface area contributed by atoms with Crippen LogP contribution in [0.2, 0.25) is 15.1 Å². The molecule has 18 heteroatoms. The summed E-state index contributed by atoms with van der Waals surface area (Å²) in [5.41, 5.74) is 5.20. The molecule has 75 heavy (non-hydrogen) atoms. The van der Waals surface area contributed by atoms with Crippen molar-refractivity contribution in [3.05, 3.63) is 145 Å². The number of likely N-dealkylation sites (tertiary alicyclic amines) is 1. The van der Waals surface area contributed by atoms with E-state index in [4.69, 9.17) is 53.8 Å². The SMILES string of the molecule is Cc1cc(/C=C2\CN(C(=O)[C@@H](CCCOCCCC(=O)CCOCCOCCOCCNc3cccc4c3C(=O)N(C3CCC(=O)NC3=O)C4=O)Cc3ccccc3)C/C(=C\c3ccc(Cl)c(Cl)c3)C2=O)ccc1Cl. The minimum Gasteiger partial charge on any atom is -0.382 e. The Morgan fingerprint density at radius 1 is 0.707 bits per heavy atom. The van der Waals surface area contributed by atoms with Crippen LogP contribution in [0.4, 0.5) is 5.69 Å². The predicted octanol–water partition coefficient (Wildman–Crippen LogP) is 8.79. The molecule has 0 radical (unpaired) electrons. The number of hydrogen-bond donors (Lipinski definition) is 2. The second-order valence-electron chi connectivity index (χ2n) is 18.5. The maximum absolute atomic E-state index is 14.6. The number of carbonyl (C=O) groups is 7. The number of nitrogens with zero attached hydrogens (tertiary/aromatic N) is 2. The summed E-state index contributed by atoms with van der Waals surface area (Å²) in [6.07, 6.45) is 6.64. The summed E-state index contributed by atoms with van der Waals surface area (Å²) in [4.78, 5) is 94.1. The molecule has 396 valence electrons. The number of anilines is 1.